The van der Waals surface area contributed by atoms with Gasteiger partial charge in [-0.2, -0.15) is 4.68 Å². The van der Waals surface area contributed by atoms with Crippen LogP contribution >= 0.6 is 0 Å². The van der Waals surface area contributed by atoms with E-state index in [9.17, 15) is 8.42 Å². The highest BCUT2D eigenvalue weighted by Crippen LogP contribution is 2.13. The molecule has 124 valence electrons. The van der Waals surface area contributed by atoms with Gasteiger partial charge in [0.1, 0.15) is 0 Å². The van der Waals surface area contributed by atoms with Crippen molar-refractivity contribution in [3.05, 3.63) is 65.7 Å². The molecule has 1 heterocycles. The molecule has 0 saturated heterocycles. The molecule has 0 aliphatic carbocycles. The van der Waals surface area contributed by atoms with Crippen LogP contribution in [-0.4, -0.2) is 34.9 Å². The summed E-state index contributed by atoms with van der Waals surface area (Å²) >= 11 is 0. The maximum absolute atomic E-state index is 11.3. The number of anilines is 1. The van der Waals surface area contributed by atoms with Crippen LogP contribution in [0.5, 0.6) is 0 Å². The summed E-state index contributed by atoms with van der Waals surface area (Å²) in [5, 5.41) is 14.8. The lowest BCUT2D eigenvalue weighted by Gasteiger charge is -2.07. The van der Waals surface area contributed by atoms with Gasteiger partial charge in [0.15, 0.2) is 9.84 Å². The van der Waals surface area contributed by atoms with Gasteiger partial charge in [0.2, 0.25) is 5.95 Å². The zero-order valence-electron chi connectivity index (χ0n) is 13.1. The summed E-state index contributed by atoms with van der Waals surface area (Å²) in [4.78, 5) is 0. The molecule has 0 radical (unpaired) electrons. The first-order valence-corrected chi connectivity index (χ1v) is 9.40. The van der Waals surface area contributed by atoms with Crippen LogP contribution < -0.4 is 5.32 Å². The summed E-state index contributed by atoms with van der Waals surface area (Å²) < 4.78 is 24.2. The van der Waals surface area contributed by atoms with Gasteiger partial charge in [0, 0.05) is 12.8 Å². The molecule has 0 unspecified atom stereocenters. The number of nitrogens with one attached hydrogen (secondary N) is 1. The van der Waals surface area contributed by atoms with Crippen molar-refractivity contribution < 1.29 is 8.42 Å². The fourth-order valence-corrected chi connectivity index (χ4v) is 3.08. The number of aromatic nitrogens is 4. The quantitative estimate of drug-likeness (QED) is 0.734. The van der Waals surface area contributed by atoms with Gasteiger partial charge in [-0.05, 0) is 33.7 Å². The van der Waals surface area contributed by atoms with Gasteiger partial charge in [-0.1, -0.05) is 47.6 Å². The molecule has 0 aliphatic rings. The smallest absolute Gasteiger partial charge is 0.248 e. The van der Waals surface area contributed by atoms with Crippen molar-refractivity contribution in [2.24, 2.45) is 0 Å². The molecule has 0 bridgehead atoms. The monoisotopic (exact) mass is 343 g/mol. The minimum absolute atomic E-state index is 0.0486. The third-order valence-corrected chi connectivity index (χ3v) is 4.23. The molecule has 2 aromatic carbocycles. The maximum atomic E-state index is 11.3. The molecule has 0 saturated carbocycles. The molecule has 0 amide bonds. The molecular weight excluding hydrogens is 326 g/mol. The van der Waals surface area contributed by atoms with Crippen molar-refractivity contribution in [1.82, 2.24) is 20.2 Å². The van der Waals surface area contributed by atoms with Gasteiger partial charge < -0.3 is 5.32 Å². The van der Waals surface area contributed by atoms with Crippen LogP contribution in [0.3, 0.4) is 0 Å². The van der Waals surface area contributed by atoms with Crippen LogP contribution in [0.2, 0.25) is 0 Å². The standard InChI is InChI=1S/C16H17N5O2S/c1-24(22,23)12-14-9-7-13(8-10-14)11-17-16-18-19-20-21(16)15-5-3-2-4-6-15/h2-10H,11-12H2,1H3,(H,17,18,20). The molecule has 24 heavy (non-hydrogen) atoms. The van der Waals surface area contributed by atoms with Gasteiger partial charge in [0.25, 0.3) is 0 Å². The Morgan fingerprint density at radius 2 is 1.67 bits per heavy atom. The Bertz CT molecular complexity index is 905. The third kappa shape index (κ3) is 4.17. The van der Waals surface area contributed by atoms with E-state index < -0.39 is 9.84 Å². The van der Waals surface area contributed by atoms with Gasteiger partial charge in [-0.25, -0.2) is 8.42 Å². The molecule has 7 nitrogen and oxygen atoms in total. The molecule has 1 N–H and O–H groups in total. The van der Waals surface area contributed by atoms with Crippen LogP contribution in [0.25, 0.3) is 5.69 Å². The lowest BCUT2D eigenvalue weighted by Crippen LogP contribution is -2.07. The number of para-hydroxylation sites is 1. The first-order chi connectivity index (χ1) is 11.5. The lowest BCUT2D eigenvalue weighted by molar-refractivity contribution is 0.601. The highest BCUT2D eigenvalue weighted by Gasteiger charge is 2.08. The number of benzene rings is 2. The fraction of sp³-hybridized carbons (Fsp3) is 0.188. The second-order valence-corrected chi connectivity index (χ2v) is 7.63. The SMILES string of the molecule is CS(=O)(=O)Cc1ccc(CNc2nnnn2-c2ccccc2)cc1. The fourth-order valence-electron chi connectivity index (χ4n) is 2.28. The van der Waals surface area contributed by atoms with Crippen LogP contribution in [0, 0.1) is 0 Å². The maximum Gasteiger partial charge on any atom is 0.248 e. The number of nitrogens with zero attached hydrogens (tertiary/aromatic N) is 4. The highest BCUT2D eigenvalue weighted by molar-refractivity contribution is 7.89. The van der Waals surface area contributed by atoms with Gasteiger partial charge in [0.05, 0.1) is 11.4 Å². The van der Waals surface area contributed by atoms with E-state index >= 15 is 0 Å². The van der Waals surface area contributed by atoms with E-state index in [1.807, 2.05) is 54.6 Å². The Morgan fingerprint density at radius 3 is 2.33 bits per heavy atom. The molecule has 3 aromatic rings. The summed E-state index contributed by atoms with van der Waals surface area (Å²) in [5.41, 5.74) is 2.65. The van der Waals surface area contributed by atoms with Crippen molar-refractivity contribution in [3.63, 3.8) is 0 Å². The Balaban J connectivity index is 1.68. The average molecular weight is 343 g/mol. The molecular formula is C16H17N5O2S. The van der Waals surface area contributed by atoms with Crippen molar-refractivity contribution in [2.75, 3.05) is 11.6 Å². The van der Waals surface area contributed by atoms with Crippen molar-refractivity contribution in [1.29, 1.82) is 0 Å². The summed E-state index contributed by atoms with van der Waals surface area (Å²) in [6, 6.07) is 17.0. The molecule has 0 aliphatic heterocycles. The predicted molar refractivity (Wildman–Crippen MR) is 91.5 cm³/mol. The minimum atomic E-state index is -3.02. The van der Waals surface area contributed by atoms with E-state index in [2.05, 4.69) is 20.8 Å². The zero-order chi connectivity index (χ0) is 17.0. The van der Waals surface area contributed by atoms with Gasteiger partial charge >= 0.3 is 0 Å². The minimum Gasteiger partial charge on any atom is -0.349 e. The Morgan fingerprint density at radius 1 is 1.00 bits per heavy atom. The van der Waals surface area contributed by atoms with Crippen LogP contribution in [-0.2, 0) is 22.1 Å². The number of tetrazole rings is 1. The second kappa shape index (κ2) is 6.79. The van der Waals surface area contributed by atoms with Crippen molar-refractivity contribution in [2.45, 2.75) is 12.3 Å². The number of hydrogen-bond acceptors (Lipinski definition) is 6. The zero-order valence-corrected chi connectivity index (χ0v) is 13.9. The van der Waals surface area contributed by atoms with Crippen LogP contribution in [0.4, 0.5) is 5.95 Å². The van der Waals surface area contributed by atoms with Crippen LogP contribution in [0.1, 0.15) is 11.1 Å². The van der Waals surface area contributed by atoms with Gasteiger partial charge in [-0.15, -0.1) is 0 Å². The molecule has 3 rings (SSSR count). The first kappa shape index (κ1) is 16.1. The predicted octanol–water partition coefficient (Wildman–Crippen LogP) is 1.82. The molecule has 0 spiro atoms. The topological polar surface area (TPSA) is 89.8 Å². The second-order valence-electron chi connectivity index (χ2n) is 5.49. The number of sulfone groups is 1. The third-order valence-electron chi connectivity index (χ3n) is 3.37. The van der Waals surface area contributed by atoms with E-state index in [0.29, 0.717) is 12.5 Å². The van der Waals surface area contributed by atoms with E-state index in [1.54, 1.807) is 4.68 Å². The first-order valence-electron chi connectivity index (χ1n) is 7.34. The Kier molecular flexibility index (Phi) is 4.57. The largest absolute Gasteiger partial charge is 0.349 e. The van der Waals surface area contributed by atoms with E-state index in [0.717, 1.165) is 16.8 Å². The Labute approximate surface area is 140 Å². The molecule has 1 aromatic heterocycles. The van der Waals surface area contributed by atoms with Crippen molar-refractivity contribution in [3.8, 4) is 5.69 Å². The van der Waals surface area contributed by atoms with E-state index in [1.165, 1.54) is 6.26 Å². The van der Waals surface area contributed by atoms with Gasteiger partial charge in [-0.3, -0.25) is 0 Å². The van der Waals surface area contributed by atoms with Crippen molar-refractivity contribution >= 4 is 15.8 Å². The highest BCUT2D eigenvalue weighted by atomic mass is 32.2. The summed E-state index contributed by atoms with van der Waals surface area (Å²) in [5.74, 6) is 0.592. The average Bonchev–Trinajstić information content (AvgIpc) is 3.02. The van der Waals surface area contributed by atoms with E-state index in [-0.39, 0.29) is 5.75 Å². The molecule has 8 heteroatoms. The number of rotatable bonds is 6. The number of hydrogen-bond donors (Lipinski definition) is 1. The summed E-state index contributed by atoms with van der Waals surface area (Å²) in [6.07, 6.45) is 1.23. The summed E-state index contributed by atoms with van der Waals surface area (Å²) in [7, 11) is -3.02. The molecule has 0 atom stereocenters. The van der Waals surface area contributed by atoms with E-state index in [4.69, 9.17) is 0 Å². The molecule has 0 fully saturated rings. The normalized spacial score (nSPS) is 11.4. The lowest BCUT2D eigenvalue weighted by atomic mass is 10.1. The van der Waals surface area contributed by atoms with Crippen LogP contribution in [0.15, 0.2) is 54.6 Å². The summed E-state index contributed by atoms with van der Waals surface area (Å²) in [6.45, 7) is 0.534. The Hall–Kier alpha value is -2.74.